The number of nitro groups is 2. The molecule has 1 aromatic heterocycles. The third-order valence-corrected chi connectivity index (χ3v) is 4.20. The Morgan fingerprint density at radius 3 is 2.36 bits per heavy atom. The van der Waals surface area contributed by atoms with Crippen LogP contribution in [0.5, 0.6) is 0 Å². The van der Waals surface area contributed by atoms with E-state index in [1.54, 1.807) is 24.3 Å². The molecule has 1 aromatic carbocycles. The van der Waals surface area contributed by atoms with Crippen LogP contribution in [0.25, 0.3) is 11.0 Å². The highest BCUT2D eigenvalue weighted by atomic mass is 32.2. The molecule has 1 unspecified atom stereocenters. The van der Waals surface area contributed by atoms with E-state index in [-0.39, 0.29) is 12.1 Å². The summed E-state index contributed by atoms with van der Waals surface area (Å²) >= 11 is 0.730. The van der Waals surface area contributed by atoms with Crippen molar-refractivity contribution in [3.63, 3.8) is 0 Å². The van der Waals surface area contributed by atoms with E-state index in [4.69, 9.17) is 0 Å². The van der Waals surface area contributed by atoms with Crippen molar-refractivity contribution < 1.29 is 9.85 Å². The Kier molecular flexibility index (Phi) is 3.37. The molecule has 2 aromatic rings. The van der Waals surface area contributed by atoms with Crippen molar-refractivity contribution in [1.29, 1.82) is 0 Å². The fraction of sp³-hybridized carbons (Fsp3) is 0.167. The van der Waals surface area contributed by atoms with Crippen molar-refractivity contribution in [2.24, 2.45) is 0 Å². The largest absolute Gasteiger partial charge is 0.317 e. The van der Waals surface area contributed by atoms with Gasteiger partial charge in [-0.2, -0.15) is 0 Å². The SMILES string of the molecule is O=[N+]([O-])C1=CC=CC(Sn2nc3ccccc3n2)([N+](=O)[O-])C1. The van der Waals surface area contributed by atoms with E-state index in [1.807, 2.05) is 0 Å². The number of hydrogen-bond donors (Lipinski definition) is 0. The maximum Gasteiger partial charge on any atom is 0.317 e. The minimum Gasteiger partial charge on any atom is -0.263 e. The second-order valence-electron chi connectivity index (χ2n) is 4.59. The predicted octanol–water partition coefficient (Wildman–Crippen LogP) is 2.02. The van der Waals surface area contributed by atoms with Gasteiger partial charge >= 0.3 is 4.87 Å². The van der Waals surface area contributed by atoms with Gasteiger partial charge in [0.1, 0.15) is 17.5 Å². The van der Waals surface area contributed by atoms with E-state index in [2.05, 4.69) is 10.2 Å². The summed E-state index contributed by atoms with van der Waals surface area (Å²) in [4.78, 5) is 19.5. The molecule has 0 saturated heterocycles. The van der Waals surface area contributed by atoms with Crippen LogP contribution < -0.4 is 0 Å². The average molecular weight is 319 g/mol. The van der Waals surface area contributed by atoms with E-state index in [1.165, 1.54) is 18.2 Å². The van der Waals surface area contributed by atoms with Gasteiger partial charge in [0.2, 0.25) is 0 Å². The molecule has 0 radical (unpaired) electrons. The van der Waals surface area contributed by atoms with Crippen LogP contribution >= 0.6 is 11.9 Å². The Balaban J connectivity index is 1.96. The number of fused-ring (bicyclic) bond motifs is 1. The highest BCUT2D eigenvalue weighted by Crippen LogP contribution is 2.37. The summed E-state index contributed by atoms with van der Waals surface area (Å²) in [5.74, 6) is 0. The van der Waals surface area contributed by atoms with Gasteiger partial charge in [-0.25, -0.2) is 0 Å². The van der Waals surface area contributed by atoms with Crippen molar-refractivity contribution in [2.75, 3.05) is 0 Å². The average Bonchev–Trinajstić information content (AvgIpc) is 2.89. The van der Waals surface area contributed by atoms with Crippen LogP contribution in [0.3, 0.4) is 0 Å². The molecule has 0 bridgehead atoms. The molecular formula is C12H9N5O4S. The Hall–Kier alpha value is -2.75. The van der Waals surface area contributed by atoms with Gasteiger partial charge in [0.15, 0.2) is 0 Å². The van der Waals surface area contributed by atoms with Gasteiger partial charge in [0.05, 0.1) is 16.9 Å². The van der Waals surface area contributed by atoms with Crippen molar-refractivity contribution in [3.8, 4) is 0 Å². The fourth-order valence-corrected chi connectivity index (χ4v) is 3.01. The molecule has 112 valence electrons. The lowest BCUT2D eigenvalue weighted by Crippen LogP contribution is -2.36. The molecule has 0 N–H and O–H groups in total. The first-order chi connectivity index (χ1) is 10.5. The number of aromatic nitrogens is 3. The third-order valence-electron chi connectivity index (χ3n) is 3.13. The number of rotatable bonds is 4. The van der Waals surface area contributed by atoms with Gasteiger partial charge in [-0.05, 0) is 12.1 Å². The van der Waals surface area contributed by atoms with E-state index >= 15 is 0 Å². The number of nitrogens with zero attached hydrogens (tertiary/aromatic N) is 5. The van der Waals surface area contributed by atoms with Gasteiger partial charge in [-0.1, -0.05) is 18.2 Å². The van der Waals surface area contributed by atoms with Crippen LogP contribution in [0.4, 0.5) is 0 Å². The summed E-state index contributed by atoms with van der Waals surface area (Å²) in [5.41, 5.74) is 0.972. The minimum atomic E-state index is -1.70. The molecule has 0 spiro atoms. The molecule has 1 atom stereocenters. The highest BCUT2D eigenvalue weighted by molar-refractivity contribution is 7.98. The van der Waals surface area contributed by atoms with Crippen LogP contribution in [-0.4, -0.2) is 29.1 Å². The topological polar surface area (TPSA) is 117 Å². The predicted molar refractivity (Wildman–Crippen MR) is 79.1 cm³/mol. The lowest BCUT2D eigenvalue weighted by atomic mass is 10.1. The first-order valence-electron chi connectivity index (χ1n) is 6.19. The monoisotopic (exact) mass is 319 g/mol. The van der Waals surface area contributed by atoms with Crippen LogP contribution in [0.2, 0.25) is 0 Å². The van der Waals surface area contributed by atoms with Crippen LogP contribution in [0.15, 0.2) is 48.2 Å². The maximum atomic E-state index is 11.5. The Morgan fingerprint density at radius 1 is 1.18 bits per heavy atom. The molecule has 0 aliphatic heterocycles. The summed E-state index contributed by atoms with van der Waals surface area (Å²) in [6.45, 7) is 0. The molecule has 9 nitrogen and oxygen atoms in total. The molecule has 3 rings (SSSR count). The molecule has 0 amide bonds. The van der Waals surface area contributed by atoms with E-state index < -0.39 is 14.7 Å². The Bertz CT molecular complexity index is 797. The summed E-state index contributed by atoms with van der Waals surface area (Å²) in [7, 11) is 0. The smallest absolute Gasteiger partial charge is 0.263 e. The van der Waals surface area contributed by atoms with Crippen LogP contribution in [-0.2, 0) is 0 Å². The molecular weight excluding hydrogens is 310 g/mol. The summed E-state index contributed by atoms with van der Waals surface area (Å²) in [5, 5.41) is 30.7. The van der Waals surface area contributed by atoms with Gasteiger partial charge in [0, 0.05) is 17.1 Å². The maximum absolute atomic E-state index is 11.5. The van der Waals surface area contributed by atoms with Gasteiger partial charge in [0.25, 0.3) is 5.70 Å². The molecule has 1 aliphatic rings. The standard InChI is InChI=1S/C12H9N5O4S/c18-15(19)9-4-3-7-12(8-9,16(20)21)22-17-13-10-5-1-2-6-11(10)14-17/h1-7H,8H2. The van der Waals surface area contributed by atoms with Crippen molar-refractivity contribution in [2.45, 2.75) is 11.3 Å². The lowest BCUT2D eigenvalue weighted by Gasteiger charge is -2.20. The van der Waals surface area contributed by atoms with E-state index in [9.17, 15) is 20.2 Å². The normalized spacial score (nSPS) is 20.8. The number of hydrogen-bond acceptors (Lipinski definition) is 7. The third kappa shape index (κ3) is 2.44. The molecule has 22 heavy (non-hydrogen) atoms. The van der Waals surface area contributed by atoms with Gasteiger partial charge < -0.3 is 0 Å². The van der Waals surface area contributed by atoms with Crippen molar-refractivity contribution in [3.05, 3.63) is 68.4 Å². The number of benzene rings is 1. The lowest BCUT2D eigenvalue weighted by molar-refractivity contribution is -0.532. The van der Waals surface area contributed by atoms with E-state index in [0.29, 0.717) is 11.0 Å². The van der Waals surface area contributed by atoms with Crippen LogP contribution in [0.1, 0.15) is 6.42 Å². The van der Waals surface area contributed by atoms with Gasteiger partial charge in [-0.3, -0.25) is 20.2 Å². The summed E-state index contributed by atoms with van der Waals surface area (Å²) in [6.07, 6.45) is 3.56. The quantitative estimate of drug-likeness (QED) is 0.480. The fourth-order valence-electron chi connectivity index (χ4n) is 2.06. The number of allylic oxidation sites excluding steroid dienone is 2. The first-order valence-corrected chi connectivity index (χ1v) is 6.96. The molecule has 1 aliphatic carbocycles. The highest BCUT2D eigenvalue weighted by Gasteiger charge is 2.48. The van der Waals surface area contributed by atoms with Gasteiger partial charge in [-0.15, -0.1) is 14.4 Å². The summed E-state index contributed by atoms with van der Waals surface area (Å²) in [6, 6.07) is 7.03. The molecule has 1 heterocycles. The zero-order valence-corrected chi connectivity index (χ0v) is 11.8. The zero-order chi connectivity index (χ0) is 15.7. The second kappa shape index (κ2) is 5.22. The summed E-state index contributed by atoms with van der Waals surface area (Å²) < 4.78 is 1.14. The van der Waals surface area contributed by atoms with Crippen LogP contribution in [0, 0.1) is 20.2 Å². The van der Waals surface area contributed by atoms with Crippen molar-refractivity contribution in [1.82, 2.24) is 14.4 Å². The second-order valence-corrected chi connectivity index (χ2v) is 5.80. The molecule has 10 heteroatoms. The minimum absolute atomic E-state index is 0.219. The van der Waals surface area contributed by atoms with E-state index in [0.717, 1.165) is 16.1 Å². The molecule has 0 saturated carbocycles. The Labute approximate surface area is 127 Å². The Morgan fingerprint density at radius 2 is 1.82 bits per heavy atom. The first kappa shape index (κ1) is 14.2. The molecule has 0 fully saturated rings. The zero-order valence-electron chi connectivity index (χ0n) is 11.0. The van der Waals surface area contributed by atoms with Crippen molar-refractivity contribution >= 4 is 23.0 Å².